The largest absolute Gasteiger partial charge is 0.463 e. The van der Waals surface area contributed by atoms with Crippen LogP contribution >= 0.6 is 11.8 Å². The van der Waals surface area contributed by atoms with Gasteiger partial charge in [-0.25, -0.2) is 9.59 Å². The highest BCUT2D eigenvalue weighted by atomic mass is 32.2. The van der Waals surface area contributed by atoms with E-state index >= 15 is 0 Å². The summed E-state index contributed by atoms with van der Waals surface area (Å²) in [6.45, 7) is 8.43. The molecule has 13 nitrogen and oxygen atoms in total. The third-order valence-corrected chi connectivity index (χ3v) is 8.92. The van der Waals surface area contributed by atoms with Gasteiger partial charge in [0.2, 0.25) is 0 Å². The van der Waals surface area contributed by atoms with Crippen molar-refractivity contribution in [2.75, 3.05) is 51.5 Å². The summed E-state index contributed by atoms with van der Waals surface area (Å²) in [7, 11) is 1.56. The number of nitrogens with zero attached hydrogens (tertiary/aromatic N) is 2. The van der Waals surface area contributed by atoms with E-state index in [9.17, 15) is 24.8 Å². The van der Waals surface area contributed by atoms with Gasteiger partial charge in [-0.1, -0.05) is 36.4 Å². The number of carbonyl (C=O) groups excluding carboxylic acids is 2. The summed E-state index contributed by atoms with van der Waals surface area (Å²) in [5.41, 5.74) is 4.02. The molecule has 0 bridgehead atoms. The summed E-state index contributed by atoms with van der Waals surface area (Å²) in [6, 6.07) is 14.2. The summed E-state index contributed by atoms with van der Waals surface area (Å²) in [5.74, 6) is -0.993. The number of nitro benzene ring substituents is 1. The van der Waals surface area contributed by atoms with E-state index in [1.807, 2.05) is 17.0 Å². The molecule has 1 fully saturated rings. The summed E-state index contributed by atoms with van der Waals surface area (Å²) in [6.07, 6.45) is -1.50. The number of allylic oxidation sites excluding steroid dienone is 1. The first-order chi connectivity index (χ1) is 23.2. The van der Waals surface area contributed by atoms with Crippen molar-refractivity contribution in [1.29, 1.82) is 0 Å². The molecule has 0 aromatic heterocycles. The Bertz CT molecular complexity index is 1510. The van der Waals surface area contributed by atoms with Gasteiger partial charge in [-0.2, -0.15) is 11.8 Å². The molecule has 0 saturated carbocycles. The van der Waals surface area contributed by atoms with Gasteiger partial charge in [-0.15, -0.1) is 0 Å². The molecule has 2 aromatic carbocycles. The number of thioether (sulfide) groups is 1. The van der Waals surface area contributed by atoms with Gasteiger partial charge >= 0.3 is 11.9 Å². The minimum atomic E-state index is -0.982. The van der Waals surface area contributed by atoms with Crippen LogP contribution < -0.4 is 10.6 Å². The summed E-state index contributed by atoms with van der Waals surface area (Å²) in [4.78, 5) is 39.8. The minimum Gasteiger partial charge on any atom is -0.463 e. The Hall–Kier alpha value is -3.79. The van der Waals surface area contributed by atoms with Gasteiger partial charge in [0.1, 0.15) is 0 Å². The first kappa shape index (κ1) is 37.0. The molecule has 4 rings (SSSR count). The number of dihydropyridines is 1. The lowest BCUT2D eigenvalue weighted by molar-refractivity contribution is -0.384. The van der Waals surface area contributed by atoms with Gasteiger partial charge in [-0.3, -0.25) is 15.0 Å². The van der Waals surface area contributed by atoms with Gasteiger partial charge in [-0.05, 0) is 37.5 Å². The average Bonchev–Trinajstić information content (AvgIpc) is 3.06. The zero-order valence-corrected chi connectivity index (χ0v) is 28.5. The molecule has 260 valence electrons. The van der Waals surface area contributed by atoms with Crippen LogP contribution in [0.2, 0.25) is 0 Å². The molecule has 2 aliphatic rings. The molecule has 0 spiro atoms. The number of methoxy groups -OCH3 is 1. The molecule has 0 aliphatic carbocycles. The van der Waals surface area contributed by atoms with E-state index in [4.69, 9.17) is 18.9 Å². The second-order valence-corrected chi connectivity index (χ2v) is 12.3. The molecule has 2 aliphatic heterocycles. The Kier molecular flexibility index (Phi) is 14.0. The van der Waals surface area contributed by atoms with Crippen LogP contribution in [0.3, 0.4) is 0 Å². The first-order valence-corrected chi connectivity index (χ1v) is 17.1. The Labute approximate surface area is 284 Å². The van der Waals surface area contributed by atoms with Crippen molar-refractivity contribution in [1.82, 2.24) is 15.5 Å². The van der Waals surface area contributed by atoms with E-state index in [1.165, 1.54) is 18.2 Å². The predicted molar refractivity (Wildman–Crippen MR) is 181 cm³/mol. The highest BCUT2D eigenvalue weighted by Gasteiger charge is 2.39. The maximum atomic E-state index is 13.5. The summed E-state index contributed by atoms with van der Waals surface area (Å²) < 4.78 is 21.5. The first-order valence-electron chi connectivity index (χ1n) is 15.9. The fourth-order valence-corrected chi connectivity index (χ4v) is 6.69. The van der Waals surface area contributed by atoms with Crippen molar-refractivity contribution >= 4 is 29.4 Å². The van der Waals surface area contributed by atoms with Crippen LogP contribution in [-0.4, -0.2) is 90.9 Å². The van der Waals surface area contributed by atoms with Gasteiger partial charge in [0.25, 0.3) is 5.69 Å². The number of nitrogens with one attached hydrogen (secondary N) is 2. The van der Waals surface area contributed by atoms with Crippen molar-refractivity contribution in [3.63, 3.8) is 0 Å². The van der Waals surface area contributed by atoms with Crippen molar-refractivity contribution in [2.45, 2.75) is 52.3 Å². The Balaban J connectivity index is 1.44. The third kappa shape index (κ3) is 9.43. The zero-order chi connectivity index (χ0) is 34.6. The SMILES string of the molecule is CCOC(=O)C1=C(C)NC(CSCCNCc2cccc(CN3CCOC(O)C3OC)c2)=C(C(=O)OCC)C1c1cccc([N+](=O)[O-])c1. The van der Waals surface area contributed by atoms with Crippen molar-refractivity contribution < 1.29 is 38.6 Å². The minimum absolute atomic E-state index is 0.119. The van der Waals surface area contributed by atoms with Crippen LogP contribution in [0.4, 0.5) is 5.69 Å². The van der Waals surface area contributed by atoms with Crippen molar-refractivity contribution in [3.8, 4) is 0 Å². The number of ether oxygens (including phenoxy) is 4. The third-order valence-electron chi connectivity index (χ3n) is 7.94. The van der Waals surface area contributed by atoms with Gasteiger partial charge in [0.05, 0.1) is 41.8 Å². The lowest BCUT2D eigenvalue weighted by Crippen LogP contribution is -2.51. The number of carbonyl (C=O) groups is 2. The lowest BCUT2D eigenvalue weighted by Gasteiger charge is -2.37. The number of aliphatic hydroxyl groups is 1. The Morgan fingerprint density at radius 1 is 1.10 bits per heavy atom. The molecule has 2 heterocycles. The van der Waals surface area contributed by atoms with Crippen molar-refractivity contribution in [2.24, 2.45) is 0 Å². The number of hydrogen-bond acceptors (Lipinski definition) is 13. The number of morpholine rings is 1. The normalized spacial score (nSPS) is 20.0. The van der Waals surface area contributed by atoms with E-state index in [-0.39, 0.29) is 30.0 Å². The number of rotatable bonds is 16. The van der Waals surface area contributed by atoms with Crippen LogP contribution in [0, 0.1) is 10.1 Å². The van der Waals surface area contributed by atoms with E-state index in [0.717, 1.165) is 16.9 Å². The predicted octanol–water partition coefficient (Wildman–Crippen LogP) is 3.58. The number of benzene rings is 2. The Morgan fingerprint density at radius 2 is 1.81 bits per heavy atom. The molecular formula is C34H44N4O9S. The second kappa shape index (κ2) is 18.1. The second-order valence-electron chi connectivity index (χ2n) is 11.2. The number of esters is 2. The fourth-order valence-electron chi connectivity index (χ4n) is 5.83. The maximum absolute atomic E-state index is 13.5. The standard InChI is InChI=1S/C34H44N4O9S/c1-5-45-32(39)28-22(3)36-27(30(33(40)46-6-2)29(28)25-11-8-12-26(18-25)38(42)43)21-48-16-13-35-19-23-9-7-10-24(17-23)20-37-14-15-47-34(41)31(37)44-4/h7-12,17-18,29,31,34-36,41H,5-6,13-16,19-21H2,1-4H3. The number of nitro groups is 1. The van der Waals surface area contributed by atoms with Crippen molar-refractivity contribution in [3.05, 3.63) is 97.9 Å². The fraction of sp³-hybridized carbons (Fsp3) is 0.471. The van der Waals surface area contributed by atoms with E-state index in [0.29, 0.717) is 55.5 Å². The topological polar surface area (TPSA) is 162 Å². The molecule has 14 heteroatoms. The maximum Gasteiger partial charge on any atom is 0.336 e. The van der Waals surface area contributed by atoms with E-state index < -0.39 is 35.3 Å². The lowest BCUT2D eigenvalue weighted by atomic mass is 9.80. The van der Waals surface area contributed by atoms with Gasteiger partial charge in [0, 0.05) is 68.3 Å². The quantitative estimate of drug-likeness (QED) is 0.102. The monoisotopic (exact) mass is 684 g/mol. The van der Waals surface area contributed by atoms with E-state index in [2.05, 4.69) is 22.8 Å². The molecule has 0 radical (unpaired) electrons. The molecular weight excluding hydrogens is 640 g/mol. The molecule has 3 unspecified atom stereocenters. The molecule has 3 atom stereocenters. The highest BCUT2D eigenvalue weighted by molar-refractivity contribution is 7.99. The summed E-state index contributed by atoms with van der Waals surface area (Å²) in [5, 5.41) is 28.4. The number of non-ortho nitro benzene ring substituents is 1. The van der Waals surface area contributed by atoms with Crippen LogP contribution in [0.1, 0.15) is 43.4 Å². The van der Waals surface area contributed by atoms with Crippen LogP contribution in [0.15, 0.2) is 71.1 Å². The highest BCUT2D eigenvalue weighted by Crippen LogP contribution is 2.41. The number of hydrogen-bond donors (Lipinski definition) is 3. The molecule has 48 heavy (non-hydrogen) atoms. The van der Waals surface area contributed by atoms with Crippen LogP contribution in [-0.2, 0) is 41.6 Å². The van der Waals surface area contributed by atoms with Gasteiger partial charge < -0.3 is 34.7 Å². The molecule has 1 saturated heterocycles. The zero-order valence-electron chi connectivity index (χ0n) is 27.7. The summed E-state index contributed by atoms with van der Waals surface area (Å²) >= 11 is 1.60. The molecule has 3 N–H and O–H groups in total. The smallest absolute Gasteiger partial charge is 0.336 e. The molecule has 0 amide bonds. The van der Waals surface area contributed by atoms with E-state index in [1.54, 1.807) is 45.7 Å². The van der Waals surface area contributed by atoms with Crippen LogP contribution in [0.25, 0.3) is 0 Å². The average molecular weight is 685 g/mol. The van der Waals surface area contributed by atoms with Crippen LogP contribution in [0.5, 0.6) is 0 Å². The van der Waals surface area contributed by atoms with Gasteiger partial charge in [0.15, 0.2) is 12.5 Å². The Morgan fingerprint density at radius 3 is 2.52 bits per heavy atom. The number of aliphatic hydroxyl groups excluding tert-OH is 1. The molecule has 2 aromatic rings.